The van der Waals surface area contributed by atoms with Gasteiger partial charge in [0.1, 0.15) is 6.04 Å². The van der Waals surface area contributed by atoms with E-state index in [0.29, 0.717) is 12.3 Å². The molecule has 0 spiro atoms. The van der Waals surface area contributed by atoms with Gasteiger partial charge in [-0.1, -0.05) is 20.8 Å². The number of nitrogens with one attached hydrogen (secondary N) is 3. The average molecular weight is 343 g/mol. The quantitative estimate of drug-likeness (QED) is 0.590. The Labute approximate surface area is 144 Å². The van der Waals surface area contributed by atoms with Crippen molar-refractivity contribution in [3.05, 3.63) is 0 Å². The van der Waals surface area contributed by atoms with E-state index in [0.717, 1.165) is 6.42 Å². The normalized spacial score (nSPS) is 12.9. The zero-order chi connectivity index (χ0) is 18.1. The van der Waals surface area contributed by atoms with Crippen LogP contribution in [-0.2, 0) is 4.79 Å². The summed E-state index contributed by atoms with van der Waals surface area (Å²) in [4.78, 5) is 24.3. The highest BCUT2D eigenvalue weighted by Crippen LogP contribution is 2.26. The molecule has 3 N–H and O–H groups in total. The van der Waals surface area contributed by atoms with Gasteiger partial charge in [-0.3, -0.25) is 4.79 Å². The summed E-state index contributed by atoms with van der Waals surface area (Å²) in [7, 11) is 0. The van der Waals surface area contributed by atoms with E-state index in [-0.39, 0.29) is 29.3 Å². The molecule has 0 aromatic carbocycles. The van der Waals surface area contributed by atoms with Gasteiger partial charge in [0, 0.05) is 17.8 Å². The van der Waals surface area contributed by atoms with E-state index >= 15 is 0 Å². The van der Waals surface area contributed by atoms with Crippen molar-refractivity contribution in [1.29, 1.82) is 5.26 Å². The molecule has 1 atom stereocenters. The van der Waals surface area contributed by atoms with Crippen LogP contribution in [0.5, 0.6) is 0 Å². The van der Waals surface area contributed by atoms with Crippen molar-refractivity contribution in [3.63, 3.8) is 0 Å². The number of hydrogen-bond donors (Lipinski definition) is 3. The Morgan fingerprint density at radius 2 is 1.83 bits per heavy atom. The van der Waals surface area contributed by atoms with Crippen LogP contribution in [0.25, 0.3) is 0 Å². The standard InChI is InChI=1S/C16H30N4O2S/c1-15(2,3)11-16(4,5)20-14(22)19-12(10-23-6)13(21)18-9-7-8-17/h12H,7,9-11H2,1-6H3,(H,18,21)(H2,19,20,22). The average Bonchev–Trinajstić information content (AvgIpc) is 2.34. The van der Waals surface area contributed by atoms with E-state index in [1.807, 2.05) is 26.2 Å². The van der Waals surface area contributed by atoms with Gasteiger partial charge < -0.3 is 16.0 Å². The first-order valence-electron chi connectivity index (χ1n) is 7.73. The van der Waals surface area contributed by atoms with Crippen LogP contribution in [0.3, 0.4) is 0 Å². The maximum atomic E-state index is 12.2. The first-order chi connectivity index (χ1) is 10.5. The lowest BCUT2D eigenvalue weighted by Crippen LogP contribution is -2.56. The third-order valence-electron chi connectivity index (χ3n) is 2.92. The fourth-order valence-corrected chi connectivity index (χ4v) is 3.15. The summed E-state index contributed by atoms with van der Waals surface area (Å²) in [6.45, 7) is 10.6. The Kier molecular flexibility index (Phi) is 9.06. The molecule has 0 aromatic heterocycles. The third kappa shape index (κ3) is 10.9. The van der Waals surface area contributed by atoms with Gasteiger partial charge in [-0.15, -0.1) is 0 Å². The van der Waals surface area contributed by atoms with Crippen LogP contribution in [0.4, 0.5) is 4.79 Å². The Hall–Kier alpha value is -1.42. The molecule has 0 rings (SSSR count). The molecular weight excluding hydrogens is 312 g/mol. The molecule has 0 saturated heterocycles. The molecule has 23 heavy (non-hydrogen) atoms. The largest absolute Gasteiger partial charge is 0.353 e. The first-order valence-corrected chi connectivity index (χ1v) is 9.12. The third-order valence-corrected chi connectivity index (χ3v) is 3.58. The summed E-state index contributed by atoms with van der Waals surface area (Å²) in [6, 6.07) is 0.998. The second-order valence-corrected chi connectivity index (χ2v) is 8.34. The molecule has 0 aliphatic heterocycles. The summed E-state index contributed by atoms with van der Waals surface area (Å²) in [5.74, 6) is 0.212. The van der Waals surface area contributed by atoms with E-state index < -0.39 is 6.04 Å². The van der Waals surface area contributed by atoms with Crippen LogP contribution in [0.1, 0.15) is 47.5 Å². The Bertz CT molecular complexity index is 438. The monoisotopic (exact) mass is 342 g/mol. The van der Waals surface area contributed by atoms with E-state index in [9.17, 15) is 9.59 Å². The number of nitrogens with zero attached hydrogens (tertiary/aromatic N) is 1. The number of hydrogen-bond acceptors (Lipinski definition) is 4. The van der Waals surface area contributed by atoms with Crippen molar-refractivity contribution in [1.82, 2.24) is 16.0 Å². The predicted molar refractivity (Wildman–Crippen MR) is 95.2 cm³/mol. The number of amides is 3. The highest BCUT2D eigenvalue weighted by Gasteiger charge is 2.28. The van der Waals surface area contributed by atoms with E-state index in [4.69, 9.17) is 5.26 Å². The molecule has 0 fully saturated rings. The van der Waals surface area contributed by atoms with E-state index in [1.165, 1.54) is 11.8 Å². The number of nitriles is 1. The summed E-state index contributed by atoms with van der Waals surface area (Å²) in [5, 5.41) is 16.8. The van der Waals surface area contributed by atoms with Crippen molar-refractivity contribution < 1.29 is 9.59 Å². The van der Waals surface area contributed by atoms with Gasteiger partial charge in [-0.2, -0.15) is 17.0 Å². The summed E-state index contributed by atoms with van der Waals surface area (Å²) in [5.41, 5.74) is -0.284. The molecule has 0 aromatic rings. The second-order valence-electron chi connectivity index (χ2n) is 7.43. The minimum absolute atomic E-state index is 0.0874. The SMILES string of the molecule is CSCC(NC(=O)NC(C)(C)CC(C)(C)C)C(=O)NCCC#N. The predicted octanol–water partition coefficient (Wildman–Crippen LogP) is 2.26. The molecule has 0 saturated carbocycles. The molecular formula is C16H30N4O2S. The maximum Gasteiger partial charge on any atom is 0.315 e. The van der Waals surface area contributed by atoms with Crippen molar-refractivity contribution >= 4 is 23.7 Å². The minimum Gasteiger partial charge on any atom is -0.353 e. The fourth-order valence-electron chi connectivity index (χ4n) is 2.59. The smallest absolute Gasteiger partial charge is 0.315 e. The molecule has 7 heteroatoms. The Morgan fingerprint density at radius 3 is 2.30 bits per heavy atom. The first kappa shape index (κ1) is 21.6. The zero-order valence-electron chi connectivity index (χ0n) is 15.1. The van der Waals surface area contributed by atoms with E-state index in [2.05, 4.69) is 36.7 Å². The molecule has 0 aliphatic carbocycles. The van der Waals surface area contributed by atoms with Crippen LogP contribution < -0.4 is 16.0 Å². The molecule has 3 amide bonds. The molecule has 0 bridgehead atoms. The van der Waals surface area contributed by atoms with Crippen molar-refractivity contribution in [2.24, 2.45) is 5.41 Å². The van der Waals surface area contributed by atoms with Gasteiger partial charge in [-0.25, -0.2) is 4.79 Å². The topological polar surface area (TPSA) is 94.0 Å². The lowest BCUT2D eigenvalue weighted by Gasteiger charge is -2.33. The molecule has 0 radical (unpaired) electrons. The van der Waals surface area contributed by atoms with Crippen LogP contribution >= 0.6 is 11.8 Å². The summed E-state index contributed by atoms with van der Waals surface area (Å²) < 4.78 is 0. The van der Waals surface area contributed by atoms with Crippen molar-refractivity contribution in [2.75, 3.05) is 18.6 Å². The van der Waals surface area contributed by atoms with E-state index in [1.54, 1.807) is 0 Å². The highest BCUT2D eigenvalue weighted by molar-refractivity contribution is 7.98. The lowest BCUT2D eigenvalue weighted by atomic mass is 9.82. The zero-order valence-corrected chi connectivity index (χ0v) is 15.9. The van der Waals surface area contributed by atoms with Crippen LogP contribution in [-0.4, -0.2) is 42.1 Å². The number of thioether (sulfide) groups is 1. The van der Waals surface area contributed by atoms with Gasteiger partial charge in [0.15, 0.2) is 0 Å². The second kappa shape index (κ2) is 9.66. The molecule has 1 unspecified atom stereocenters. The Balaban J connectivity index is 4.61. The molecule has 132 valence electrons. The molecule has 6 nitrogen and oxygen atoms in total. The fraction of sp³-hybridized carbons (Fsp3) is 0.812. The van der Waals surface area contributed by atoms with Gasteiger partial charge in [0.25, 0.3) is 0 Å². The molecule has 0 heterocycles. The van der Waals surface area contributed by atoms with Gasteiger partial charge >= 0.3 is 6.03 Å². The van der Waals surface area contributed by atoms with Crippen LogP contribution in [0.15, 0.2) is 0 Å². The van der Waals surface area contributed by atoms with Crippen molar-refractivity contribution in [3.8, 4) is 6.07 Å². The van der Waals surface area contributed by atoms with Gasteiger partial charge in [-0.05, 0) is 31.9 Å². The van der Waals surface area contributed by atoms with Crippen LogP contribution in [0, 0.1) is 16.7 Å². The van der Waals surface area contributed by atoms with Gasteiger partial charge in [0.2, 0.25) is 5.91 Å². The van der Waals surface area contributed by atoms with Crippen LogP contribution in [0.2, 0.25) is 0 Å². The van der Waals surface area contributed by atoms with Gasteiger partial charge in [0.05, 0.1) is 12.5 Å². The molecule has 0 aliphatic rings. The summed E-state index contributed by atoms with van der Waals surface area (Å²) in [6.07, 6.45) is 2.94. The number of rotatable bonds is 8. The number of carbonyl (C=O) groups is 2. The lowest BCUT2D eigenvalue weighted by molar-refractivity contribution is -0.122. The minimum atomic E-state index is -0.617. The Morgan fingerprint density at radius 1 is 1.22 bits per heavy atom. The summed E-state index contributed by atoms with van der Waals surface area (Å²) >= 11 is 1.48. The number of urea groups is 1. The van der Waals surface area contributed by atoms with Crippen molar-refractivity contribution in [2.45, 2.75) is 59.0 Å². The highest BCUT2D eigenvalue weighted by atomic mass is 32.2. The maximum absolute atomic E-state index is 12.2. The number of carbonyl (C=O) groups excluding carboxylic acids is 2.